The van der Waals surface area contributed by atoms with Crippen molar-refractivity contribution in [1.82, 2.24) is 9.80 Å². The highest BCUT2D eigenvalue weighted by atomic mass is 16.3. The number of phenolic OH excluding ortho intramolecular Hbond substituents is 1. The molecule has 0 aliphatic rings. The largest absolute Gasteiger partial charge is 0.508 e. The molecule has 0 atom stereocenters. The number of likely N-dealkylation sites (N-methyl/N-ethyl adjacent to an activating group) is 2. The van der Waals surface area contributed by atoms with Crippen molar-refractivity contribution in [2.45, 2.75) is 6.92 Å². The monoisotopic (exact) mass is 250 g/mol. The van der Waals surface area contributed by atoms with Gasteiger partial charge in [0.25, 0.3) is 5.91 Å². The summed E-state index contributed by atoms with van der Waals surface area (Å²) >= 11 is 0. The molecule has 0 saturated heterocycles. The van der Waals surface area contributed by atoms with Crippen LogP contribution in [-0.2, 0) is 4.79 Å². The zero-order valence-electron chi connectivity index (χ0n) is 11.1. The fraction of sp³-hybridized carbons (Fsp3) is 0.385. The van der Waals surface area contributed by atoms with Crippen LogP contribution in [0.25, 0.3) is 0 Å². The Morgan fingerprint density at radius 3 is 2.39 bits per heavy atom. The maximum absolute atomic E-state index is 12.1. The van der Waals surface area contributed by atoms with Gasteiger partial charge >= 0.3 is 0 Å². The van der Waals surface area contributed by atoms with Gasteiger partial charge in [-0.25, -0.2) is 0 Å². The van der Waals surface area contributed by atoms with Crippen molar-refractivity contribution in [3.63, 3.8) is 0 Å². The average molecular weight is 250 g/mol. The molecular weight excluding hydrogens is 232 g/mol. The zero-order valence-corrected chi connectivity index (χ0v) is 11.1. The summed E-state index contributed by atoms with van der Waals surface area (Å²) in [5.74, 6) is -0.351. The van der Waals surface area contributed by atoms with E-state index in [2.05, 4.69) is 0 Å². The van der Waals surface area contributed by atoms with E-state index in [-0.39, 0.29) is 24.1 Å². The van der Waals surface area contributed by atoms with E-state index in [1.54, 1.807) is 40.2 Å². The van der Waals surface area contributed by atoms with Crippen LogP contribution in [0.2, 0.25) is 0 Å². The van der Waals surface area contributed by atoms with Crippen LogP contribution in [-0.4, -0.2) is 54.4 Å². The Morgan fingerprint density at radius 1 is 1.22 bits per heavy atom. The Hall–Kier alpha value is -2.04. The SMILES string of the molecule is Cc1c(O)cccc1C(=O)N(C)CC(=O)N(C)C. The fourth-order valence-corrected chi connectivity index (χ4v) is 1.48. The van der Waals surface area contributed by atoms with Gasteiger partial charge in [-0.3, -0.25) is 9.59 Å². The number of hydrogen-bond acceptors (Lipinski definition) is 3. The first-order chi connectivity index (χ1) is 8.34. The lowest BCUT2D eigenvalue weighted by Crippen LogP contribution is -2.38. The highest BCUT2D eigenvalue weighted by Gasteiger charge is 2.18. The van der Waals surface area contributed by atoms with Gasteiger partial charge in [0, 0.05) is 32.3 Å². The molecule has 0 saturated carbocycles. The number of carbonyl (C=O) groups excluding carboxylic acids is 2. The molecule has 0 spiro atoms. The van der Waals surface area contributed by atoms with Crippen molar-refractivity contribution in [3.8, 4) is 5.75 Å². The van der Waals surface area contributed by atoms with E-state index >= 15 is 0 Å². The summed E-state index contributed by atoms with van der Waals surface area (Å²) in [5, 5.41) is 9.55. The molecule has 0 aliphatic carbocycles. The molecule has 98 valence electrons. The Morgan fingerprint density at radius 2 is 1.83 bits per heavy atom. The van der Waals surface area contributed by atoms with E-state index < -0.39 is 0 Å². The molecule has 0 radical (unpaired) electrons. The molecule has 0 aromatic heterocycles. The van der Waals surface area contributed by atoms with Crippen molar-refractivity contribution in [1.29, 1.82) is 0 Å². The molecule has 1 N–H and O–H groups in total. The van der Waals surface area contributed by atoms with Crippen LogP contribution in [0.5, 0.6) is 5.75 Å². The van der Waals surface area contributed by atoms with Crippen LogP contribution in [0.4, 0.5) is 0 Å². The maximum atomic E-state index is 12.1. The van der Waals surface area contributed by atoms with Crippen LogP contribution in [0, 0.1) is 6.92 Å². The van der Waals surface area contributed by atoms with E-state index in [1.165, 1.54) is 15.9 Å². The van der Waals surface area contributed by atoms with E-state index in [1.807, 2.05) is 0 Å². The second kappa shape index (κ2) is 5.53. The topological polar surface area (TPSA) is 60.9 Å². The van der Waals surface area contributed by atoms with Crippen molar-refractivity contribution >= 4 is 11.8 Å². The van der Waals surface area contributed by atoms with Gasteiger partial charge in [-0.2, -0.15) is 0 Å². The second-order valence-electron chi connectivity index (χ2n) is 4.40. The molecule has 5 nitrogen and oxygen atoms in total. The van der Waals surface area contributed by atoms with Crippen molar-refractivity contribution in [2.24, 2.45) is 0 Å². The van der Waals surface area contributed by atoms with Gasteiger partial charge in [0.15, 0.2) is 0 Å². The normalized spacial score (nSPS) is 10.0. The van der Waals surface area contributed by atoms with Gasteiger partial charge in [0.1, 0.15) is 5.75 Å². The van der Waals surface area contributed by atoms with Crippen molar-refractivity contribution < 1.29 is 14.7 Å². The van der Waals surface area contributed by atoms with Crippen molar-refractivity contribution in [2.75, 3.05) is 27.7 Å². The Bertz CT molecular complexity index is 469. The van der Waals surface area contributed by atoms with Gasteiger partial charge in [0.2, 0.25) is 5.91 Å². The maximum Gasteiger partial charge on any atom is 0.254 e. The van der Waals surface area contributed by atoms with Crippen LogP contribution in [0.15, 0.2) is 18.2 Å². The minimum Gasteiger partial charge on any atom is -0.508 e. The molecular formula is C13H18N2O3. The van der Waals surface area contributed by atoms with Crippen LogP contribution in [0.1, 0.15) is 15.9 Å². The van der Waals surface area contributed by atoms with Crippen molar-refractivity contribution in [3.05, 3.63) is 29.3 Å². The lowest BCUT2D eigenvalue weighted by atomic mass is 10.1. The molecule has 18 heavy (non-hydrogen) atoms. The predicted octanol–water partition coefficient (Wildman–Crippen LogP) is 0.861. The molecule has 0 aliphatic heterocycles. The lowest BCUT2D eigenvalue weighted by molar-refractivity contribution is -0.129. The van der Waals surface area contributed by atoms with Gasteiger partial charge in [-0.1, -0.05) is 6.07 Å². The first kappa shape index (κ1) is 14.0. The average Bonchev–Trinajstić information content (AvgIpc) is 2.31. The van der Waals surface area contributed by atoms with Crippen LogP contribution >= 0.6 is 0 Å². The number of benzene rings is 1. The molecule has 1 aromatic carbocycles. The number of phenols is 1. The summed E-state index contributed by atoms with van der Waals surface area (Å²) in [6, 6.07) is 4.77. The number of nitrogens with zero attached hydrogens (tertiary/aromatic N) is 2. The van der Waals surface area contributed by atoms with Gasteiger partial charge < -0.3 is 14.9 Å². The Labute approximate surface area is 107 Å². The zero-order chi connectivity index (χ0) is 13.9. The summed E-state index contributed by atoms with van der Waals surface area (Å²) in [5.41, 5.74) is 0.927. The molecule has 1 aromatic rings. The third-order valence-corrected chi connectivity index (χ3v) is 2.75. The highest BCUT2D eigenvalue weighted by Crippen LogP contribution is 2.20. The van der Waals surface area contributed by atoms with Gasteiger partial charge in [-0.15, -0.1) is 0 Å². The third-order valence-electron chi connectivity index (χ3n) is 2.75. The number of carbonyl (C=O) groups is 2. The minimum absolute atomic E-state index is 0.0148. The van der Waals surface area contributed by atoms with Gasteiger partial charge in [-0.05, 0) is 19.1 Å². The number of amides is 2. The number of rotatable bonds is 3. The molecule has 0 bridgehead atoms. The molecule has 0 heterocycles. The Balaban J connectivity index is 2.87. The lowest BCUT2D eigenvalue weighted by Gasteiger charge is -2.20. The highest BCUT2D eigenvalue weighted by molar-refractivity contribution is 5.98. The first-order valence-corrected chi connectivity index (χ1v) is 5.58. The molecule has 1 rings (SSSR count). The van der Waals surface area contributed by atoms with E-state index in [0.717, 1.165) is 0 Å². The summed E-state index contributed by atoms with van der Waals surface area (Å²) in [6.07, 6.45) is 0. The van der Waals surface area contributed by atoms with Crippen LogP contribution < -0.4 is 0 Å². The fourth-order valence-electron chi connectivity index (χ4n) is 1.48. The number of aromatic hydroxyl groups is 1. The smallest absolute Gasteiger partial charge is 0.254 e. The van der Waals surface area contributed by atoms with Crippen LogP contribution in [0.3, 0.4) is 0 Å². The first-order valence-electron chi connectivity index (χ1n) is 5.58. The third kappa shape index (κ3) is 3.00. The molecule has 0 fully saturated rings. The van der Waals surface area contributed by atoms with E-state index in [4.69, 9.17) is 0 Å². The summed E-state index contributed by atoms with van der Waals surface area (Å²) in [7, 11) is 4.84. The molecule has 0 unspecified atom stereocenters. The quantitative estimate of drug-likeness (QED) is 0.865. The predicted molar refractivity (Wildman–Crippen MR) is 68.5 cm³/mol. The van der Waals surface area contributed by atoms with E-state index in [9.17, 15) is 14.7 Å². The number of hydrogen-bond donors (Lipinski definition) is 1. The molecule has 5 heteroatoms. The standard InChI is InChI=1S/C13H18N2O3/c1-9-10(6-5-7-11(9)16)13(18)15(4)8-12(17)14(2)3/h5-7,16H,8H2,1-4H3. The summed E-state index contributed by atoms with van der Waals surface area (Å²) in [4.78, 5) is 26.4. The molecule has 2 amide bonds. The Kier molecular flexibility index (Phi) is 4.31. The second-order valence-corrected chi connectivity index (χ2v) is 4.40. The summed E-state index contributed by atoms with van der Waals surface area (Å²) in [6.45, 7) is 1.69. The minimum atomic E-state index is -0.279. The van der Waals surface area contributed by atoms with E-state index in [0.29, 0.717) is 11.1 Å². The van der Waals surface area contributed by atoms with Gasteiger partial charge in [0.05, 0.1) is 6.54 Å². The summed E-state index contributed by atoms with van der Waals surface area (Å²) < 4.78 is 0.